The van der Waals surface area contributed by atoms with Crippen LogP contribution in [-0.2, 0) is 11.5 Å². The number of aromatic hydroxyl groups is 1. The van der Waals surface area contributed by atoms with Crippen LogP contribution in [0.1, 0.15) is 16.7 Å². The first-order valence-electron chi connectivity index (χ1n) is 5.86. The van der Waals surface area contributed by atoms with E-state index < -0.39 is 0 Å². The predicted molar refractivity (Wildman–Crippen MR) is 78.7 cm³/mol. The maximum atomic E-state index is 9.71. The lowest BCUT2D eigenvalue weighted by Crippen LogP contribution is -1.89. The molecule has 0 fully saturated rings. The van der Waals surface area contributed by atoms with E-state index in [1.807, 2.05) is 6.07 Å². The highest BCUT2D eigenvalue weighted by Crippen LogP contribution is 2.26. The Morgan fingerprint density at radius 3 is 2.72 bits per heavy atom. The molecule has 0 aromatic heterocycles. The van der Waals surface area contributed by atoms with Crippen molar-refractivity contribution in [1.82, 2.24) is 0 Å². The van der Waals surface area contributed by atoms with Gasteiger partial charge >= 0.3 is 0 Å². The van der Waals surface area contributed by atoms with Crippen molar-refractivity contribution in [2.45, 2.75) is 18.4 Å². The van der Waals surface area contributed by atoms with Crippen LogP contribution in [0.2, 0.25) is 0 Å². The topological polar surface area (TPSA) is 46.2 Å². The summed E-state index contributed by atoms with van der Waals surface area (Å²) in [5.41, 5.74) is 9.89. The molecule has 0 saturated carbocycles. The van der Waals surface area contributed by atoms with Crippen LogP contribution in [0.4, 0.5) is 5.69 Å². The van der Waals surface area contributed by atoms with Gasteiger partial charge in [0, 0.05) is 22.8 Å². The summed E-state index contributed by atoms with van der Waals surface area (Å²) in [5.74, 6) is 2.03. The molecule has 3 heteroatoms. The molecular formula is C15H17NOS. The van der Waals surface area contributed by atoms with E-state index in [2.05, 4.69) is 31.2 Å². The first-order valence-corrected chi connectivity index (χ1v) is 7.01. The number of nitrogen functional groups attached to an aromatic ring is 1. The molecule has 2 rings (SSSR count). The molecule has 0 aliphatic rings. The lowest BCUT2D eigenvalue weighted by atomic mass is 10.2. The minimum atomic E-state index is 0.320. The van der Waals surface area contributed by atoms with Crippen LogP contribution in [0, 0.1) is 6.92 Å². The smallest absolute Gasteiger partial charge is 0.119 e. The van der Waals surface area contributed by atoms with Crippen LogP contribution in [0.5, 0.6) is 5.75 Å². The molecule has 0 amide bonds. The van der Waals surface area contributed by atoms with Gasteiger partial charge in [-0.15, -0.1) is 0 Å². The molecule has 0 spiro atoms. The van der Waals surface area contributed by atoms with Gasteiger partial charge in [-0.25, -0.2) is 0 Å². The third-order valence-electron chi connectivity index (χ3n) is 2.71. The van der Waals surface area contributed by atoms with Crippen LogP contribution in [-0.4, -0.2) is 5.11 Å². The number of phenols is 1. The molecule has 0 heterocycles. The van der Waals surface area contributed by atoms with Gasteiger partial charge in [-0.3, -0.25) is 0 Å². The Morgan fingerprint density at radius 1 is 1.11 bits per heavy atom. The summed E-state index contributed by atoms with van der Waals surface area (Å²) in [5, 5.41) is 9.71. The molecule has 2 aromatic carbocycles. The first-order chi connectivity index (χ1) is 8.65. The third-order valence-corrected chi connectivity index (χ3v) is 3.76. The molecule has 2 nitrogen and oxygen atoms in total. The first kappa shape index (κ1) is 12.8. The highest BCUT2D eigenvalue weighted by Gasteiger charge is 2.02. The van der Waals surface area contributed by atoms with E-state index in [4.69, 9.17) is 5.73 Å². The number of thioether (sulfide) groups is 1. The summed E-state index contributed by atoms with van der Waals surface area (Å²) in [6.07, 6.45) is 0. The third kappa shape index (κ3) is 3.44. The molecule has 18 heavy (non-hydrogen) atoms. The summed E-state index contributed by atoms with van der Waals surface area (Å²) in [7, 11) is 0. The Balaban J connectivity index is 1.94. The molecule has 0 bridgehead atoms. The summed E-state index contributed by atoms with van der Waals surface area (Å²) in [4.78, 5) is 0. The minimum absolute atomic E-state index is 0.320. The van der Waals surface area contributed by atoms with Crippen molar-refractivity contribution in [2.24, 2.45) is 0 Å². The Kier molecular flexibility index (Phi) is 4.15. The van der Waals surface area contributed by atoms with Crippen molar-refractivity contribution in [3.63, 3.8) is 0 Å². The summed E-state index contributed by atoms with van der Waals surface area (Å²) in [6.45, 7) is 2.10. The van der Waals surface area contributed by atoms with E-state index in [-0.39, 0.29) is 0 Å². The van der Waals surface area contributed by atoms with Crippen LogP contribution < -0.4 is 5.73 Å². The van der Waals surface area contributed by atoms with Gasteiger partial charge in [0.05, 0.1) is 0 Å². The molecule has 0 atom stereocenters. The molecule has 2 aromatic rings. The molecule has 0 radical (unpaired) electrons. The highest BCUT2D eigenvalue weighted by molar-refractivity contribution is 7.97. The molecule has 0 unspecified atom stereocenters. The standard InChI is InChI=1S/C15H17NOS/c1-11-3-2-4-12(7-11)9-18-10-13-8-14(16)5-6-15(13)17/h2-8,17H,9-10,16H2,1H3. The van der Waals surface area contributed by atoms with Gasteiger partial charge in [-0.05, 0) is 30.7 Å². The van der Waals surface area contributed by atoms with Gasteiger partial charge in [0.25, 0.3) is 0 Å². The highest BCUT2D eigenvalue weighted by atomic mass is 32.2. The fourth-order valence-corrected chi connectivity index (χ4v) is 2.77. The van der Waals surface area contributed by atoms with Crippen molar-refractivity contribution in [1.29, 1.82) is 0 Å². The molecule has 3 N–H and O–H groups in total. The normalized spacial score (nSPS) is 10.5. The number of phenolic OH excluding ortho intramolecular Hbond substituents is 1. The Hall–Kier alpha value is -1.61. The number of aryl methyl sites for hydroxylation is 1. The van der Waals surface area contributed by atoms with Crippen molar-refractivity contribution in [3.8, 4) is 5.75 Å². The summed E-state index contributed by atoms with van der Waals surface area (Å²) < 4.78 is 0. The van der Waals surface area contributed by atoms with Gasteiger partial charge < -0.3 is 10.8 Å². The second kappa shape index (κ2) is 5.83. The van der Waals surface area contributed by atoms with Gasteiger partial charge in [-0.2, -0.15) is 11.8 Å². The molecular weight excluding hydrogens is 242 g/mol. The second-order valence-electron chi connectivity index (χ2n) is 4.37. The fraction of sp³-hybridized carbons (Fsp3) is 0.200. The van der Waals surface area contributed by atoms with E-state index in [9.17, 15) is 5.11 Å². The van der Waals surface area contributed by atoms with Gasteiger partial charge in [0.1, 0.15) is 5.75 Å². The summed E-state index contributed by atoms with van der Waals surface area (Å²) >= 11 is 1.78. The largest absolute Gasteiger partial charge is 0.508 e. The van der Waals surface area contributed by atoms with Gasteiger partial charge in [0.15, 0.2) is 0 Å². The molecule has 0 aliphatic heterocycles. The Morgan fingerprint density at radius 2 is 1.94 bits per heavy atom. The molecule has 0 saturated heterocycles. The number of nitrogens with two attached hydrogens (primary N) is 1. The lowest BCUT2D eigenvalue weighted by molar-refractivity contribution is 0.471. The number of benzene rings is 2. The van der Waals surface area contributed by atoms with Crippen LogP contribution in [0.25, 0.3) is 0 Å². The zero-order valence-electron chi connectivity index (χ0n) is 10.4. The monoisotopic (exact) mass is 259 g/mol. The minimum Gasteiger partial charge on any atom is -0.508 e. The zero-order chi connectivity index (χ0) is 13.0. The van der Waals surface area contributed by atoms with Crippen LogP contribution in [0.15, 0.2) is 42.5 Å². The second-order valence-corrected chi connectivity index (χ2v) is 5.36. The summed E-state index contributed by atoms with van der Waals surface area (Å²) in [6, 6.07) is 13.7. The average Bonchev–Trinajstić information content (AvgIpc) is 2.34. The number of hydrogen-bond donors (Lipinski definition) is 2. The van der Waals surface area contributed by atoms with Crippen LogP contribution in [0.3, 0.4) is 0 Å². The maximum absolute atomic E-state index is 9.71. The van der Waals surface area contributed by atoms with Crippen molar-refractivity contribution in [3.05, 3.63) is 59.2 Å². The Labute approximate surface area is 112 Å². The van der Waals surface area contributed by atoms with Crippen LogP contribution >= 0.6 is 11.8 Å². The van der Waals surface area contributed by atoms with Crippen molar-refractivity contribution >= 4 is 17.4 Å². The maximum Gasteiger partial charge on any atom is 0.119 e. The quantitative estimate of drug-likeness (QED) is 0.650. The number of rotatable bonds is 4. The van der Waals surface area contributed by atoms with Crippen molar-refractivity contribution in [2.75, 3.05) is 5.73 Å². The van der Waals surface area contributed by atoms with E-state index >= 15 is 0 Å². The van der Waals surface area contributed by atoms with E-state index in [1.54, 1.807) is 23.9 Å². The fourth-order valence-electron chi connectivity index (χ4n) is 1.80. The number of anilines is 1. The SMILES string of the molecule is Cc1cccc(CSCc2cc(N)ccc2O)c1. The molecule has 94 valence electrons. The average molecular weight is 259 g/mol. The van der Waals surface area contributed by atoms with Gasteiger partial charge in [0.2, 0.25) is 0 Å². The number of hydrogen-bond acceptors (Lipinski definition) is 3. The zero-order valence-corrected chi connectivity index (χ0v) is 11.2. The van der Waals surface area contributed by atoms with Crippen molar-refractivity contribution < 1.29 is 5.11 Å². The molecule has 0 aliphatic carbocycles. The van der Waals surface area contributed by atoms with E-state index in [0.717, 1.165) is 17.1 Å². The lowest BCUT2D eigenvalue weighted by Gasteiger charge is -2.06. The van der Waals surface area contributed by atoms with E-state index in [0.29, 0.717) is 11.4 Å². The Bertz CT molecular complexity index is 540. The van der Waals surface area contributed by atoms with E-state index in [1.165, 1.54) is 11.1 Å². The predicted octanol–water partition coefficient (Wildman–Crippen LogP) is 3.72. The van der Waals surface area contributed by atoms with Gasteiger partial charge in [-0.1, -0.05) is 29.8 Å².